The summed E-state index contributed by atoms with van der Waals surface area (Å²) >= 11 is 5.63. The van der Waals surface area contributed by atoms with Gasteiger partial charge in [-0.25, -0.2) is 22.9 Å². The molecule has 1 saturated heterocycles. The van der Waals surface area contributed by atoms with E-state index >= 15 is 0 Å². The zero-order chi connectivity index (χ0) is 24.0. The number of hydrogen-bond donors (Lipinski definition) is 2. The van der Waals surface area contributed by atoms with Crippen LogP contribution in [0.2, 0.25) is 0 Å². The predicted molar refractivity (Wildman–Crippen MR) is 125 cm³/mol. The Morgan fingerprint density at radius 1 is 1.21 bits per heavy atom. The second-order valence-corrected chi connectivity index (χ2v) is 10.8. The van der Waals surface area contributed by atoms with E-state index in [1.807, 2.05) is 11.8 Å². The molecule has 0 spiro atoms. The van der Waals surface area contributed by atoms with Gasteiger partial charge in [0, 0.05) is 52.0 Å². The number of nitrogens with one attached hydrogen (secondary N) is 2. The lowest BCUT2D eigenvalue weighted by Crippen LogP contribution is -2.51. The van der Waals surface area contributed by atoms with Crippen molar-refractivity contribution in [2.75, 3.05) is 56.4 Å². The van der Waals surface area contributed by atoms with Gasteiger partial charge in [0.05, 0.1) is 11.9 Å². The maximum Gasteiger partial charge on any atom is 0.319 e. The van der Waals surface area contributed by atoms with Gasteiger partial charge < -0.3 is 20.0 Å². The van der Waals surface area contributed by atoms with Crippen molar-refractivity contribution in [1.29, 1.82) is 0 Å². The van der Waals surface area contributed by atoms with Gasteiger partial charge in [0.2, 0.25) is 15.9 Å². The monoisotopic (exact) mass is 497 g/mol. The molecule has 4 rings (SSSR count). The predicted octanol–water partition coefficient (Wildman–Crippen LogP) is 1.15. The lowest BCUT2D eigenvalue weighted by Gasteiger charge is -2.37. The smallest absolute Gasteiger partial charge is 0.319 e. The van der Waals surface area contributed by atoms with Crippen LogP contribution in [0.3, 0.4) is 0 Å². The molecule has 0 unspecified atom stereocenters. The highest BCUT2D eigenvalue weighted by atomic mass is 35.5. The van der Waals surface area contributed by atoms with Crippen LogP contribution >= 0.6 is 11.6 Å². The fraction of sp³-hybridized carbons (Fsp3) is 0.550. The molecule has 0 bridgehead atoms. The largest absolute Gasteiger partial charge is 0.365 e. The fourth-order valence-electron chi connectivity index (χ4n) is 3.79. The normalized spacial score (nSPS) is 17.8. The maximum atomic E-state index is 13.2. The third-order valence-electron chi connectivity index (χ3n) is 5.91. The van der Waals surface area contributed by atoms with Gasteiger partial charge >= 0.3 is 6.03 Å². The molecule has 3 heterocycles. The van der Waals surface area contributed by atoms with Crippen molar-refractivity contribution >= 4 is 50.7 Å². The van der Waals surface area contributed by atoms with Crippen molar-refractivity contribution in [3.63, 3.8) is 0 Å². The van der Waals surface area contributed by atoms with Crippen molar-refractivity contribution in [3.05, 3.63) is 18.5 Å². The maximum absolute atomic E-state index is 13.2. The van der Waals surface area contributed by atoms with Gasteiger partial charge in [0.1, 0.15) is 16.6 Å². The van der Waals surface area contributed by atoms with E-state index in [1.54, 1.807) is 29.5 Å². The summed E-state index contributed by atoms with van der Waals surface area (Å²) in [7, 11) is -0.389. The Morgan fingerprint density at radius 2 is 1.88 bits per heavy atom. The molecular formula is C20H28ClN7O4S. The van der Waals surface area contributed by atoms with Gasteiger partial charge in [-0.05, 0) is 25.8 Å². The summed E-state index contributed by atoms with van der Waals surface area (Å²) in [5.74, 6) is -0.333. The molecule has 1 aliphatic heterocycles. The van der Waals surface area contributed by atoms with Crippen LogP contribution in [0.25, 0.3) is 5.65 Å². The Balaban J connectivity index is 1.72. The molecule has 2 aliphatic rings. The minimum atomic E-state index is -3.81. The molecule has 3 amide bonds. The van der Waals surface area contributed by atoms with Crippen LogP contribution in [0.4, 0.5) is 16.3 Å². The number of anilines is 2. The molecule has 13 heteroatoms. The zero-order valence-electron chi connectivity index (χ0n) is 18.8. The number of carbonyl (C=O) groups excluding carboxylic acids is 2. The number of carbonyl (C=O) groups is 2. The van der Waals surface area contributed by atoms with Gasteiger partial charge in [0.25, 0.3) is 0 Å². The first-order chi connectivity index (χ1) is 15.5. The number of halogens is 1. The van der Waals surface area contributed by atoms with E-state index in [0.29, 0.717) is 43.3 Å². The van der Waals surface area contributed by atoms with Crippen LogP contribution in [0, 0.1) is 0 Å². The molecule has 2 fully saturated rings. The Bertz CT molecular complexity index is 1180. The topological polar surface area (TPSA) is 119 Å². The molecule has 1 aliphatic carbocycles. The van der Waals surface area contributed by atoms with Crippen LogP contribution in [0.1, 0.15) is 19.8 Å². The van der Waals surface area contributed by atoms with Crippen LogP contribution in [0.15, 0.2) is 23.4 Å². The molecule has 2 N–H and O–H groups in total. The minimum Gasteiger partial charge on any atom is -0.365 e. The van der Waals surface area contributed by atoms with Gasteiger partial charge in [-0.2, -0.15) is 0 Å². The van der Waals surface area contributed by atoms with E-state index in [9.17, 15) is 18.0 Å². The van der Waals surface area contributed by atoms with Gasteiger partial charge in [-0.15, -0.1) is 11.6 Å². The quantitative estimate of drug-likeness (QED) is 0.578. The molecule has 33 heavy (non-hydrogen) atoms. The summed E-state index contributed by atoms with van der Waals surface area (Å²) in [6.07, 6.45) is 4.49. The molecule has 1 saturated carbocycles. The lowest BCUT2D eigenvalue weighted by molar-refractivity contribution is -0.113. The summed E-state index contributed by atoms with van der Waals surface area (Å²) in [6, 6.07) is 1.54. The molecule has 0 aromatic carbocycles. The standard InChI is InChI=1S/C20H28ClN7O4S/c1-20(4-5-20)24-33(31,32)14-10-15(26-6-8-27(9-7-26)19(30)25(2)3)18-22-12-16(28(18)13-14)23-17(29)11-21/h10,12-13,24H,4-9,11H2,1-3H3,(H,23,29). The van der Waals surface area contributed by atoms with Crippen molar-refractivity contribution in [2.45, 2.75) is 30.2 Å². The van der Waals surface area contributed by atoms with E-state index in [1.165, 1.54) is 17.3 Å². The molecule has 2 aromatic rings. The highest BCUT2D eigenvalue weighted by molar-refractivity contribution is 7.89. The van der Waals surface area contributed by atoms with Crippen molar-refractivity contribution in [2.24, 2.45) is 0 Å². The average Bonchev–Trinajstić information content (AvgIpc) is 3.36. The summed E-state index contributed by atoms with van der Waals surface area (Å²) < 4.78 is 30.7. The SMILES string of the molecule is CN(C)C(=O)N1CCN(c2cc(S(=O)(=O)NC3(C)CC3)cn3c(NC(=O)CCl)cnc23)CC1. The van der Waals surface area contributed by atoms with Crippen LogP contribution in [0.5, 0.6) is 0 Å². The fourth-order valence-corrected chi connectivity index (χ4v) is 5.34. The highest BCUT2D eigenvalue weighted by Gasteiger charge is 2.41. The number of alkyl halides is 1. The minimum absolute atomic E-state index is 0.0649. The van der Waals surface area contributed by atoms with Crippen molar-refractivity contribution in [1.82, 2.24) is 23.9 Å². The first-order valence-electron chi connectivity index (χ1n) is 10.6. The molecule has 0 atom stereocenters. The third kappa shape index (κ3) is 4.87. The van der Waals surface area contributed by atoms with Crippen molar-refractivity contribution < 1.29 is 18.0 Å². The average molecular weight is 498 g/mol. The Kier molecular flexibility index (Phi) is 6.18. The van der Waals surface area contributed by atoms with Gasteiger partial charge in [0.15, 0.2) is 5.65 Å². The van der Waals surface area contributed by atoms with Gasteiger partial charge in [-0.1, -0.05) is 0 Å². The molecule has 180 valence electrons. The lowest BCUT2D eigenvalue weighted by atomic mass is 10.2. The number of hydrogen-bond acceptors (Lipinski definition) is 6. The molecule has 0 radical (unpaired) electrons. The number of nitrogens with zero attached hydrogens (tertiary/aromatic N) is 5. The molecular weight excluding hydrogens is 470 g/mol. The Morgan fingerprint density at radius 3 is 2.45 bits per heavy atom. The van der Waals surface area contributed by atoms with Crippen LogP contribution < -0.4 is 14.9 Å². The van der Waals surface area contributed by atoms with Crippen LogP contribution in [-0.2, 0) is 14.8 Å². The summed E-state index contributed by atoms with van der Waals surface area (Å²) in [4.78, 5) is 34.0. The summed E-state index contributed by atoms with van der Waals surface area (Å²) in [6.45, 7) is 3.88. The highest BCUT2D eigenvalue weighted by Crippen LogP contribution is 2.37. The number of amides is 3. The number of imidazole rings is 1. The molecule has 11 nitrogen and oxygen atoms in total. The van der Waals surface area contributed by atoms with E-state index in [0.717, 1.165) is 12.8 Å². The number of aromatic nitrogens is 2. The summed E-state index contributed by atoms with van der Waals surface area (Å²) in [5, 5.41) is 2.66. The number of piperazine rings is 1. The Hall–Kier alpha value is -2.57. The Labute approximate surface area is 197 Å². The second-order valence-electron chi connectivity index (χ2n) is 8.90. The number of sulfonamides is 1. The van der Waals surface area contributed by atoms with Crippen molar-refractivity contribution in [3.8, 4) is 0 Å². The second kappa shape index (κ2) is 8.65. The first kappa shape index (κ1) is 23.6. The number of fused-ring (bicyclic) bond motifs is 1. The zero-order valence-corrected chi connectivity index (χ0v) is 20.4. The van der Waals surface area contributed by atoms with E-state index in [4.69, 9.17) is 11.6 Å². The number of rotatable bonds is 6. The van der Waals surface area contributed by atoms with Crippen LogP contribution in [-0.4, -0.2) is 91.2 Å². The van der Waals surface area contributed by atoms with E-state index in [2.05, 4.69) is 15.0 Å². The van der Waals surface area contributed by atoms with E-state index < -0.39 is 21.5 Å². The first-order valence-corrected chi connectivity index (χ1v) is 12.7. The third-order valence-corrected chi connectivity index (χ3v) is 7.76. The number of urea groups is 1. The number of pyridine rings is 1. The van der Waals surface area contributed by atoms with E-state index in [-0.39, 0.29) is 16.8 Å². The molecule has 2 aromatic heterocycles. The van der Waals surface area contributed by atoms with Gasteiger partial charge in [-0.3, -0.25) is 9.20 Å². The summed E-state index contributed by atoms with van der Waals surface area (Å²) in [5.41, 5.74) is 0.683.